The Morgan fingerprint density at radius 2 is 2.26 bits per heavy atom. The average Bonchev–Trinajstić information content (AvgIpc) is 2.68. The van der Waals surface area contributed by atoms with Gasteiger partial charge in [-0.25, -0.2) is 4.98 Å². The Kier molecular flexibility index (Phi) is 3.66. The number of pyridine rings is 1. The van der Waals surface area contributed by atoms with Crippen LogP contribution in [0.3, 0.4) is 0 Å². The van der Waals surface area contributed by atoms with Gasteiger partial charge in [0.2, 0.25) is 5.82 Å². The third kappa shape index (κ3) is 2.82. The number of aromatic nitrogens is 2. The van der Waals surface area contributed by atoms with E-state index in [4.69, 9.17) is 16.1 Å². The van der Waals surface area contributed by atoms with Crippen molar-refractivity contribution in [2.75, 3.05) is 5.32 Å². The van der Waals surface area contributed by atoms with Crippen LogP contribution in [0.1, 0.15) is 17.0 Å². The molecule has 0 spiro atoms. The molecule has 0 fully saturated rings. The van der Waals surface area contributed by atoms with Crippen LogP contribution in [0, 0.1) is 24.0 Å². The standard InChI is InChI=1S/C11H11ClN4O3/c1-6-9(7(2)19-15-6)5-14-11-10(16(17)18)3-8(12)4-13-11/h3-4H,5H2,1-2H3,(H,13,14). The van der Waals surface area contributed by atoms with Crippen molar-refractivity contribution in [3.8, 4) is 0 Å². The molecule has 2 aromatic rings. The number of halogens is 1. The largest absolute Gasteiger partial charge is 0.361 e. The van der Waals surface area contributed by atoms with Gasteiger partial charge in [-0.3, -0.25) is 10.1 Å². The van der Waals surface area contributed by atoms with Crippen molar-refractivity contribution in [2.45, 2.75) is 20.4 Å². The molecule has 0 saturated carbocycles. The van der Waals surface area contributed by atoms with Gasteiger partial charge < -0.3 is 9.84 Å². The number of hydrogen-bond acceptors (Lipinski definition) is 6. The molecule has 0 aliphatic carbocycles. The first-order valence-electron chi connectivity index (χ1n) is 5.44. The number of nitrogens with zero attached hydrogens (tertiary/aromatic N) is 3. The van der Waals surface area contributed by atoms with Crippen molar-refractivity contribution in [1.82, 2.24) is 10.1 Å². The predicted molar refractivity (Wildman–Crippen MR) is 69.2 cm³/mol. The Morgan fingerprint density at radius 3 is 2.84 bits per heavy atom. The van der Waals surface area contributed by atoms with Gasteiger partial charge >= 0.3 is 5.69 Å². The van der Waals surface area contributed by atoms with Gasteiger partial charge in [-0.1, -0.05) is 16.8 Å². The van der Waals surface area contributed by atoms with E-state index in [0.29, 0.717) is 12.3 Å². The van der Waals surface area contributed by atoms with Crippen LogP contribution in [0.25, 0.3) is 0 Å². The van der Waals surface area contributed by atoms with Gasteiger partial charge in [-0.15, -0.1) is 0 Å². The topological polar surface area (TPSA) is 94.1 Å². The summed E-state index contributed by atoms with van der Waals surface area (Å²) in [5.74, 6) is 0.830. The number of nitro groups is 1. The molecule has 0 aromatic carbocycles. The second-order valence-corrected chi connectivity index (χ2v) is 4.37. The van der Waals surface area contributed by atoms with E-state index in [1.54, 1.807) is 13.8 Å². The van der Waals surface area contributed by atoms with Crippen molar-refractivity contribution in [2.24, 2.45) is 0 Å². The lowest BCUT2D eigenvalue weighted by Crippen LogP contribution is -2.05. The Balaban J connectivity index is 2.23. The van der Waals surface area contributed by atoms with Crippen LogP contribution in [-0.2, 0) is 6.54 Å². The van der Waals surface area contributed by atoms with Crippen molar-refractivity contribution in [1.29, 1.82) is 0 Å². The van der Waals surface area contributed by atoms with E-state index in [2.05, 4.69) is 15.5 Å². The van der Waals surface area contributed by atoms with Crippen LogP contribution in [0.4, 0.5) is 11.5 Å². The highest BCUT2D eigenvalue weighted by molar-refractivity contribution is 6.30. The first-order chi connectivity index (χ1) is 8.99. The zero-order valence-corrected chi connectivity index (χ0v) is 11.1. The maximum absolute atomic E-state index is 10.9. The smallest absolute Gasteiger partial charge is 0.312 e. The van der Waals surface area contributed by atoms with Gasteiger partial charge in [0.15, 0.2) is 0 Å². The third-order valence-electron chi connectivity index (χ3n) is 2.64. The first-order valence-corrected chi connectivity index (χ1v) is 5.82. The van der Waals surface area contributed by atoms with Crippen molar-refractivity contribution >= 4 is 23.1 Å². The normalized spacial score (nSPS) is 10.5. The van der Waals surface area contributed by atoms with Crippen molar-refractivity contribution in [3.05, 3.63) is 44.4 Å². The number of nitrogens with one attached hydrogen (secondary N) is 1. The van der Waals surface area contributed by atoms with E-state index < -0.39 is 4.92 Å². The van der Waals surface area contributed by atoms with Crippen LogP contribution in [0.2, 0.25) is 5.02 Å². The summed E-state index contributed by atoms with van der Waals surface area (Å²) in [4.78, 5) is 14.3. The van der Waals surface area contributed by atoms with E-state index in [1.165, 1.54) is 12.3 Å². The summed E-state index contributed by atoms with van der Waals surface area (Å²) in [6.45, 7) is 3.93. The van der Waals surface area contributed by atoms with Crippen LogP contribution in [0.15, 0.2) is 16.8 Å². The van der Waals surface area contributed by atoms with Crippen molar-refractivity contribution in [3.63, 3.8) is 0 Å². The van der Waals surface area contributed by atoms with Crippen molar-refractivity contribution < 1.29 is 9.45 Å². The number of anilines is 1. The van der Waals surface area contributed by atoms with Gasteiger partial charge in [0, 0.05) is 24.4 Å². The van der Waals surface area contributed by atoms with E-state index in [0.717, 1.165) is 11.3 Å². The number of rotatable bonds is 4. The molecule has 0 aliphatic rings. The molecule has 0 amide bonds. The van der Waals surface area contributed by atoms with E-state index in [1.807, 2.05) is 0 Å². The van der Waals surface area contributed by atoms with Gasteiger partial charge in [0.25, 0.3) is 0 Å². The predicted octanol–water partition coefficient (Wildman–Crippen LogP) is 2.86. The lowest BCUT2D eigenvalue weighted by atomic mass is 10.2. The van der Waals surface area contributed by atoms with E-state index >= 15 is 0 Å². The molecule has 2 aromatic heterocycles. The van der Waals surface area contributed by atoms with Crippen LogP contribution < -0.4 is 5.32 Å². The van der Waals surface area contributed by atoms with E-state index in [-0.39, 0.29) is 16.5 Å². The molecule has 0 unspecified atom stereocenters. The molecule has 2 rings (SSSR count). The molecule has 0 atom stereocenters. The summed E-state index contributed by atoms with van der Waals surface area (Å²) in [6.07, 6.45) is 1.35. The lowest BCUT2D eigenvalue weighted by molar-refractivity contribution is -0.384. The SMILES string of the molecule is Cc1noc(C)c1CNc1ncc(Cl)cc1[N+](=O)[O-]. The molecule has 2 heterocycles. The Bertz CT molecular complexity index is 607. The molecule has 100 valence electrons. The summed E-state index contributed by atoms with van der Waals surface area (Å²) >= 11 is 5.69. The molecule has 0 bridgehead atoms. The van der Waals surface area contributed by atoms with Gasteiger partial charge in [0.05, 0.1) is 15.6 Å². The highest BCUT2D eigenvalue weighted by Crippen LogP contribution is 2.26. The van der Waals surface area contributed by atoms with E-state index in [9.17, 15) is 10.1 Å². The highest BCUT2D eigenvalue weighted by Gasteiger charge is 2.17. The fourth-order valence-corrected chi connectivity index (χ4v) is 1.78. The van der Waals surface area contributed by atoms with Crippen LogP contribution in [-0.4, -0.2) is 15.1 Å². The minimum Gasteiger partial charge on any atom is -0.361 e. The quantitative estimate of drug-likeness (QED) is 0.684. The molecule has 1 N–H and O–H groups in total. The molecule has 19 heavy (non-hydrogen) atoms. The zero-order chi connectivity index (χ0) is 14.0. The molecule has 0 saturated heterocycles. The summed E-state index contributed by atoms with van der Waals surface area (Å²) < 4.78 is 5.02. The fraction of sp³-hybridized carbons (Fsp3) is 0.273. The Labute approximate surface area is 113 Å². The Hall–Kier alpha value is -2.15. The zero-order valence-electron chi connectivity index (χ0n) is 10.3. The third-order valence-corrected chi connectivity index (χ3v) is 2.85. The Morgan fingerprint density at radius 1 is 1.53 bits per heavy atom. The highest BCUT2D eigenvalue weighted by atomic mass is 35.5. The van der Waals surface area contributed by atoms with Crippen LogP contribution in [0.5, 0.6) is 0 Å². The van der Waals surface area contributed by atoms with Crippen LogP contribution >= 0.6 is 11.6 Å². The summed E-state index contributed by atoms with van der Waals surface area (Å²) in [5.41, 5.74) is 1.42. The molecular weight excluding hydrogens is 272 g/mol. The minimum atomic E-state index is -0.533. The van der Waals surface area contributed by atoms with Gasteiger partial charge in [0.1, 0.15) is 5.76 Å². The lowest BCUT2D eigenvalue weighted by Gasteiger charge is -2.05. The number of aryl methyl sites for hydroxylation is 2. The number of hydrogen-bond donors (Lipinski definition) is 1. The summed E-state index contributed by atoms with van der Waals surface area (Å²) in [7, 11) is 0. The summed E-state index contributed by atoms with van der Waals surface area (Å²) in [5, 5.41) is 17.8. The second-order valence-electron chi connectivity index (χ2n) is 3.93. The maximum atomic E-state index is 10.9. The second kappa shape index (κ2) is 5.23. The minimum absolute atomic E-state index is 0.161. The fourth-order valence-electron chi connectivity index (χ4n) is 1.63. The molecular formula is C11H11ClN4O3. The van der Waals surface area contributed by atoms with Gasteiger partial charge in [-0.05, 0) is 13.8 Å². The molecule has 0 aliphatic heterocycles. The van der Waals surface area contributed by atoms with Gasteiger partial charge in [-0.2, -0.15) is 0 Å². The maximum Gasteiger partial charge on any atom is 0.312 e. The summed E-state index contributed by atoms with van der Waals surface area (Å²) in [6, 6.07) is 1.25. The molecule has 7 nitrogen and oxygen atoms in total. The average molecular weight is 283 g/mol. The molecule has 0 radical (unpaired) electrons. The first kappa shape index (κ1) is 13.3. The monoisotopic (exact) mass is 282 g/mol. The molecule has 8 heteroatoms.